The molecular formula is C29H39NO5. The third-order valence-electron chi connectivity index (χ3n) is 8.35. The fourth-order valence-corrected chi connectivity index (χ4v) is 6.26. The third-order valence-corrected chi connectivity index (χ3v) is 8.35. The summed E-state index contributed by atoms with van der Waals surface area (Å²) < 4.78 is 5.29. The Balaban J connectivity index is 1.41. The van der Waals surface area contributed by atoms with E-state index in [1.807, 2.05) is 49.4 Å². The fraction of sp³-hybridized carbons (Fsp3) is 0.586. The van der Waals surface area contributed by atoms with Gasteiger partial charge in [0.2, 0.25) is 0 Å². The molecule has 1 saturated carbocycles. The predicted octanol–water partition coefficient (Wildman–Crippen LogP) is 3.72. The molecule has 3 fully saturated rings. The van der Waals surface area contributed by atoms with Gasteiger partial charge in [-0.15, -0.1) is 0 Å². The first kappa shape index (κ1) is 25.6. The van der Waals surface area contributed by atoms with Gasteiger partial charge >= 0.3 is 5.97 Å². The SMILES string of the molecule is C=C1[C@@H](C)[C@@H]2[C@H](Cc3ccccc3)NC(=O)[C@]2(O)[C@H](/C=C/C[C@@H](C)CCC[C@@H]2CCC(=O)O2)[C@@H]1O. The van der Waals surface area contributed by atoms with Crippen molar-refractivity contribution >= 4 is 11.9 Å². The molecule has 35 heavy (non-hydrogen) atoms. The fourth-order valence-electron chi connectivity index (χ4n) is 6.26. The highest BCUT2D eigenvalue weighted by Crippen LogP contribution is 2.50. The van der Waals surface area contributed by atoms with E-state index in [-0.39, 0.29) is 30.0 Å². The molecule has 0 spiro atoms. The van der Waals surface area contributed by atoms with E-state index in [1.165, 1.54) is 0 Å². The highest BCUT2D eigenvalue weighted by atomic mass is 16.5. The number of fused-ring (bicyclic) bond motifs is 1. The molecule has 4 rings (SSSR count). The summed E-state index contributed by atoms with van der Waals surface area (Å²) in [6.45, 7) is 8.25. The molecule has 1 aromatic rings. The van der Waals surface area contributed by atoms with E-state index in [0.29, 0.717) is 24.3 Å². The van der Waals surface area contributed by atoms with Gasteiger partial charge in [0.25, 0.3) is 5.91 Å². The minimum absolute atomic E-state index is 0.0616. The molecule has 1 aromatic carbocycles. The van der Waals surface area contributed by atoms with Gasteiger partial charge in [-0.1, -0.05) is 69.3 Å². The van der Waals surface area contributed by atoms with Crippen molar-refractivity contribution in [3.05, 3.63) is 60.2 Å². The Labute approximate surface area is 208 Å². The van der Waals surface area contributed by atoms with Crippen molar-refractivity contribution in [2.75, 3.05) is 0 Å². The number of benzene rings is 1. The van der Waals surface area contributed by atoms with Crippen LogP contribution in [-0.4, -0.2) is 45.9 Å². The number of esters is 1. The van der Waals surface area contributed by atoms with Crippen LogP contribution in [0, 0.1) is 23.7 Å². The molecule has 2 saturated heterocycles. The van der Waals surface area contributed by atoms with Gasteiger partial charge in [0.15, 0.2) is 5.60 Å². The van der Waals surface area contributed by atoms with Crippen LogP contribution in [0.4, 0.5) is 0 Å². The quantitative estimate of drug-likeness (QED) is 0.369. The summed E-state index contributed by atoms with van der Waals surface area (Å²) in [4.78, 5) is 24.4. The minimum atomic E-state index is -1.68. The number of allylic oxidation sites excluding steroid dienone is 1. The van der Waals surface area contributed by atoms with Gasteiger partial charge in [-0.05, 0) is 55.1 Å². The smallest absolute Gasteiger partial charge is 0.306 e. The second kappa shape index (κ2) is 10.7. The van der Waals surface area contributed by atoms with Crippen LogP contribution in [0.15, 0.2) is 54.6 Å². The number of carbonyl (C=O) groups excluding carboxylic acids is 2. The van der Waals surface area contributed by atoms with Crippen LogP contribution in [-0.2, 0) is 20.7 Å². The Hall–Kier alpha value is -2.44. The number of aliphatic hydroxyl groups is 2. The molecular weight excluding hydrogens is 442 g/mol. The van der Waals surface area contributed by atoms with Gasteiger partial charge in [0.05, 0.1) is 6.10 Å². The number of hydrogen-bond donors (Lipinski definition) is 3. The van der Waals surface area contributed by atoms with Crippen LogP contribution in [0.2, 0.25) is 0 Å². The molecule has 2 heterocycles. The molecule has 8 atom stereocenters. The van der Waals surface area contributed by atoms with E-state index < -0.39 is 23.5 Å². The molecule has 1 amide bonds. The zero-order chi connectivity index (χ0) is 25.2. The zero-order valence-electron chi connectivity index (χ0n) is 20.9. The molecule has 1 aliphatic carbocycles. The van der Waals surface area contributed by atoms with Crippen LogP contribution in [0.5, 0.6) is 0 Å². The second-order valence-electron chi connectivity index (χ2n) is 10.8. The number of nitrogens with one attached hydrogen (secondary N) is 1. The number of rotatable bonds is 9. The number of hydrogen-bond acceptors (Lipinski definition) is 5. The van der Waals surface area contributed by atoms with Gasteiger partial charge in [-0.3, -0.25) is 9.59 Å². The molecule has 0 bridgehead atoms. The van der Waals surface area contributed by atoms with Crippen molar-refractivity contribution in [3.63, 3.8) is 0 Å². The minimum Gasteiger partial charge on any atom is -0.462 e. The van der Waals surface area contributed by atoms with Crippen molar-refractivity contribution in [3.8, 4) is 0 Å². The highest BCUT2D eigenvalue weighted by Gasteiger charge is 2.64. The maximum atomic E-state index is 13.2. The van der Waals surface area contributed by atoms with Crippen molar-refractivity contribution in [2.24, 2.45) is 23.7 Å². The van der Waals surface area contributed by atoms with Crippen LogP contribution < -0.4 is 5.32 Å². The summed E-state index contributed by atoms with van der Waals surface area (Å²) in [5.41, 5.74) is 0.0910. The Kier molecular flexibility index (Phi) is 7.82. The molecule has 3 N–H and O–H groups in total. The zero-order valence-corrected chi connectivity index (χ0v) is 20.9. The number of carbonyl (C=O) groups is 2. The van der Waals surface area contributed by atoms with E-state index >= 15 is 0 Å². The summed E-state index contributed by atoms with van der Waals surface area (Å²) in [5, 5.41) is 25.9. The Morgan fingerprint density at radius 3 is 2.71 bits per heavy atom. The lowest BCUT2D eigenvalue weighted by Gasteiger charge is -2.47. The summed E-state index contributed by atoms with van der Waals surface area (Å²) in [6.07, 6.45) is 8.54. The van der Waals surface area contributed by atoms with Gasteiger partial charge < -0.3 is 20.3 Å². The summed E-state index contributed by atoms with van der Waals surface area (Å²) >= 11 is 0. The first-order valence-electron chi connectivity index (χ1n) is 13.0. The van der Waals surface area contributed by atoms with Crippen LogP contribution in [0.25, 0.3) is 0 Å². The van der Waals surface area contributed by atoms with Crippen LogP contribution in [0.1, 0.15) is 57.9 Å². The van der Waals surface area contributed by atoms with Crippen LogP contribution >= 0.6 is 0 Å². The van der Waals surface area contributed by atoms with Gasteiger partial charge in [0, 0.05) is 24.3 Å². The van der Waals surface area contributed by atoms with E-state index in [2.05, 4.69) is 18.8 Å². The largest absolute Gasteiger partial charge is 0.462 e. The Morgan fingerprint density at radius 2 is 2.03 bits per heavy atom. The average molecular weight is 482 g/mol. The topological polar surface area (TPSA) is 95.9 Å². The van der Waals surface area contributed by atoms with Crippen molar-refractivity contribution in [1.82, 2.24) is 5.32 Å². The third kappa shape index (κ3) is 5.24. The molecule has 2 aliphatic heterocycles. The van der Waals surface area contributed by atoms with Gasteiger partial charge in [-0.25, -0.2) is 0 Å². The van der Waals surface area contributed by atoms with E-state index in [4.69, 9.17) is 4.74 Å². The van der Waals surface area contributed by atoms with E-state index in [0.717, 1.165) is 37.7 Å². The number of aliphatic hydroxyl groups excluding tert-OH is 1. The maximum Gasteiger partial charge on any atom is 0.306 e. The molecule has 0 radical (unpaired) electrons. The lowest BCUT2D eigenvalue weighted by atomic mass is 9.60. The lowest BCUT2D eigenvalue weighted by molar-refractivity contribution is -0.154. The second-order valence-corrected chi connectivity index (χ2v) is 10.8. The first-order valence-corrected chi connectivity index (χ1v) is 13.0. The van der Waals surface area contributed by atoms with Crippen molar-refractivity contribution in [1.29, 1.82) is 0 Å². The Bertz CT molecular complexity index is 959. The van der Waals surface area contributed by atoms with Gasteiger partial charge in [0.1, 0.15) is 6.10 Å². The Morgan fingerprint density at radius 1 is 1.29 bits per heavy atom. The van der Waals surface area contributed by atoms with E-state index in [1.54, 1.807) is 0 Å². The molecule has 0 aromatic heterocycles. The summed E-state index contributed by atoms with van der Waals surface area (Å²) in [5.74, 6) is -1.40. The molecule has 3 aliphatic rings. The first-order chi connectivity index (χ1) is 16.7. The molecule has 0 unspecified atom stereocenters. The normalized spacial score (nSPS) is 35.7. The van der Waals surface area contributed by atoms with E-state index in [9.17, 15) is 19.8 Å². The summed E-state index contributed by atoms with van der Waals surface area (Å²) in [6, 6.07) is 9.72. The number of amides is 1. The van der Waals surface area contributed by atoms with Gasteiger partial charge in [-0.2, -0.15) is 0 Å². The highest BCUT2D eigenvalue weighted by molar-refractivity contribution is 5.89. The predicted molar refractivity (Wildman–Crippen MR) is 134 cm³/mol. The lowest BCUT2D eigenvalue weighted by Crippen LogP contribution is -2.59. The number of ether oxygens (including phenoxy) is 1. The van der Waals surface area contributed by atoms with Crippen molar-refractivity contribution in [2.45, 2.75) is 82.6 Å². The molecule has 6 nitrogen and oxygen atoms in total. The molecule has 6 heteroatoms. The maximum absolute atomic E-state index is 13.2. The summed E-state index contributed by atoms with van der Waals surface area (Å²) in [7, 11) is 0. The number of cyclic esters (lactones) is 1. The monoisotopic (exact) mass is 481 g/mol. The molecule has 190 valence electrons. The van der Waals surface area contributed by atoms with Crippen molar-refractivity contribution < 1.29 is 24.5 Å². The average Bonchev–Trinajstić information content (AvgIpc) is 3.35. The standard InChI is InChI=1S/C29H39NO5/c1-18(9-7-13-22-15-16-25(31)35-22)10-8-14-23-27(32)20(3)19(2)26-24(30-28(33)29(23,26)34)17-21-11-5-4-6-12-21/h4-6,8,11-12,14,18-19,22-24,26-27,32,34H,3,7,9-10,13,15-17H2,1-2H3,(H,30,33)/b14-8+/t18-,19+,22+,23+,24-,26+,27+,29-/m0/s1. The van der Waals surface area contributed by atoms with Crippen LogP contribution in [0.3, 0.4) is 0 Å².